The fraction of sp³-hybridized carbons (Fsp3) is 0.273. The van der Waals surface area contributed by atoms with Crippen LogP contribution >= 0.6 is 11.8 Å². The zero-order chi connectivity index (χ0) is 15.8. The lowest BCUT2D eigenvalue weighted by molar-refractivity contribution is -0.388. The van der Waals surface area contributed by atoms with Crippen molar-refractivity contribution in [1.82, 2.24) is 0 Å². The molecule has 2 rings (SSSR count). The van der Waals surface area contributed by atoms with Crippen LogP contribution in [-0.4, -0.2) is 22.1 Å². The standard InChI is InChI=1S/C11H6F3NO5S/c12-11(13,14)5-1-2-7(6(3-5)15(18)19)21-8-4-9(16)20-10(8)17/h1-3,8H,4H2. The lowest BCUT2D eigenvalue weighted by Crippen LogP contribution is -2.10. The zero-order valence-electron chi connectivity index (χ0n) is 10.0. The van der Waals surface area contributed by atoms with Gasteiger partial charge in [-0.05, 0) is 12.1 Å². The Bertz CT molecular complexity index is 631. The maximum absolute atomic E-state index is 12.5. The minimum Gasteiger partial charge on any atom is -0.392 e. The molecule has 1 aliphatic rings. The zero-order valence-corrected chi connectivity index (χ0v) is 10.9. The summed E-state index contributed by atoms with van der Waals surface area (Å²) in [5.41, 5.74) is -1.94. The van der Waals surface area contributed by atoms with E-state index in [-0.39, 0.29) is 11.3 Å². The topological polar surface area (TPSA) is 86.5 Å². The summed E-state index contributed by atoms with van der Waals surface area (Å²) in [5, 5.41) is 9.87. The molecule has 0 aromatic heterocycles. The molecule has 0 radical (unpaired) electrons. The summed E-state index contributed by atoms with van der Waals surface area (Å²) in [4.78, 5) is 32.0. The molecule has 0 spiro atoms. The number of thioether (sulfide) groups is 1. The highest BCUT2D eigenvalue weighted by molar-refractivity contribution is 8.00. The number of alkyl halides is 3. The van der Waals surface area contributed by atoms with Gasteiger partial charge in [0, 0.05) is 6.07 Å². The second-order valence-corrected chi connectivity index (χ2v) is 5.29. The van der Waals surface area contributed by atoms with E-state index >= 15 is 0 Å². The first-order chi connectivity index (χ1) is 9.68. The van der Waals surface area contributed by atoms with Gasteiger partial charge >= 0.3 is 18.1 Å². The van der Waals surface area contributed by atoms with Gasteiger partial charge in [-0.2, -0.15) is 13.2 Å². The van der Waals surface area contributed by atoms with E-state index in [1.54, 1.807) is 0 Å². The highest BCUT2D eigenvalue weighted by Crippen LogP contribution is 2.39. The number of hydrogen-bond donors (Lipinski definition) is 0. The molecule has 21 heavy (non-hydrogen) atoms. The summed E-state index contributed by atoms with van der Waals surface area (Å²) in [7, 11) is 0. The Labute approximate surface area is 119 Å². The van der Waals surface area contributed by atoms with Crippen LogP contribution in [0.3, 0.4) is 0 Å². The first-order valence-electron chi connectivity index (χ1n) is 5.45. The minimum atomic E-state index is -4.71. The second-order valence-electron chi connectivity index (χ2n) is 4.04. The first kappa shape index (κ1) is 15.3. The summed E-state index contributed by atoms with van der Waals surface area (Å²) in [6, 6.07) is 1.98. The number of carbonyl (C=O) groups excluding carboxylic acids is 2. The van der Waals surface area contributed by atoms with Gasteiger partial charge < -0.3 is 4.74 Å². The quantitative estimate of drug-likeness (QED) is 0.368. The van der Waals surface area contributed by atoms with Crippen LogP contribution in [0.15, 0.2) is 23.1 Å². The average molecular weight is 321 g/mol. The SMILES string of the molecule is O=C1CC(Sc2ccc(C(F)(F)F)cc2[N+](=O)[O-])C(=O)O1. The Hall–Kier alpha value is -2.10. The van der Waals surface area contributed by atoms with Crippen LogP contribution in [0.2, 0.25) is 0 Å². The van der Waals surface area contributed by atoms with Crippen LogP contribution in [0.4, 0.5) is 18.9 Å². The number of carbonyl (C=O) groups is 2. The fourth-order valence-electron chi connectivity index (χ4n) is 1.63. The number of nitro benzene ring substituents is 1. The van der Waals surface area contributed by atoms with Gasteiger partial charge in [-0.1, -0.05) is 0 Å². The Morgan fingerprint density at radius 3 is 2.48 bits per heavy atom. The lowest BCUT2D eigenvalue weighted by Gasteiger charge is -2.09. The molecule has 1 saturated heterocycles. The van der Waals surface area contributed by atoms with Crippen LogP contribution in [0.1, 0.15) is 12.0 Å². The summed E-state index contributed by atoms with van der Waals surface area (Å²) in [6.45, 7) is 0. The van der Waals surface area contributed by atoms with Crippen molar-refractivity contribution >= 4 is 29.4 Å². The van der Waals surface area contributed by atoms with Crippen LogP contribution < -0.4 is 0 Å². The normalized spacial score (nSPS) is 18.7. The highest BCUT2D eigenvalue weighted by Gasteiger charge is 2.37. The van der Waals surface area contributed by atoms with Gasteiger partial charge in [0.25, 0.3) is 5.69 Å². The summed E-state index contributed by atoms with van der Waals surface area (Å²) < 4.78 is 41.9. The van der Waals surface area contributed by atoms with Crippen LogP contribution in [-0.2, 0) is 20.5 Å². The van der Waals surface area contributed by atoms with Crippen LogP contribution in [0.5, 0.6) is 0 Å². The van der Waals surface area contributed by atoms with E-state index in [2.05, 4.69) is 4.74 Å². The summed E-state index contributed by atoms with van der Waals surface area (Å²) in [5.74, 6) is -1.63. The molecule has 1 fully saturated rings. The molecule has 1 heterocycles. The fourth-order valence-corrected chi connectivity index (χ4v) is 2.70. The van der Waals surface area contributed by atoms with Gasteiger partial charge in [0.15, 0.2) is 0 Å². The van der Waals surface area contributed by atoms with Gasteiger partial charge in [0.1, 0.15) is 5.25 Å². The van der Waals surface area contributed by atoms with Gasteiger partial charge in [-0.15, -0.1) is 11.8 Å². The first-order valence-corrected chi connectivity index (χ1v) is 6.33. The van der Waals surface area contributed by atoms with Crippen molar-refractivity contribution in [2.45, 2.75) is 22.7 Å². The number of cyclic esters (lactones) is 2. The molecule has 0 bridgehead atoms. The minimum absolute atomic E-state index is 0.135. The van der Waals surface area contributed by atoms with E-state index in [0.29, 0.717) is 23.9 Å². The predicted molar refractivity (Wildman–Crippen MR) is 63.5 cm³/mol. The molecular weight excluding hydrogens is 315 g/mol. The molecule has 112 valence electrons. The third-order valence-corrected chi connectivity index (χ3v) is 3.82. The molecule has 0 saturated carbocycles. The van der Waals surface area contributed by atoms with Crippen LogP contribution in [0, 0.1) is 10.1 Å². The second kappa shape index (κ2) is 5.35. The van der Waals surface area contributed by atoms with Gasteiger partial charge in [-0.25, -0.2) is 0 Å². The Kier molecular flexibility index (Phi) is 3.90. The molecule has 1 atom stereocenters. The molecule has 0 N–H and O–H groups in total. The van der Waals surface area contributed by atoms with Gasteiger partial charge in [0.05, 0.1) is 21.8 Å². The van der Waals surface area contributed by atoms with E-state index in [0.717, 1.165) is 6.07 Å². The van der Waals surface area contributed by atoms with Gasteiger partial charge in [0.2, 0.25) is 0 Å². The predicted octanol–water partition coefficient (Wildman–Crippen LogP) is 2.55. The number of nitro groups is 1. The number of ether oxygens (including phenoxy) is 1. The molecule has 10 heteroatoms. The van der Waals surface area contributed by atoms with Crippen molar-refractivity contribution in [3.63, 3.8) is 0 Å². The smallest absolute Gasteiger partial charge is 0.392 e. The maximum Gasteiger partial charge on any atom is 0.416 e. The monoisotopic (exact) mass is 321 g/mol. The third-order valence-electron chi connectivity index (χ3n) is 2.58. The summed E-state index contributed by atoms with van der Waals surface area (Å²) in [6.07, 6.45) is -4.99. The number of benzene rings is 1. The van der Waals surface area contributed by atoms with E-state index in [1.807, 2.05) is 0 Å². The van der Waals surface area contributed by atoms with Crippen LogP contribution in [0.25, 0.3) is 0 Å². The number of hydrogen-bond acceptors (Lipinski definition) is 6. The number of esters is 2. The van der Waals surface area contributed by atoms with Crippen molar-refractivity contribution in [3.8, 4) is 0 Å². The molecule has 0 aliphatic carbocycles. The van der Waals surface area contributed by atoms with Crippen molar-refractivity contribution in [2.24, 2.45) is 0 Å². The number of halogens is 3. The lowest BCUT2D eigenvalue weighted by atomic mass is 10.2. The molecule has 6 nitrogen and oxygen atoms in total. The molecule has 1 aliphatic heterocycles. The molecule has 1 aromatic rings. The third kappa shape index (κ3) is 3.32. The van der Waals surface area contributed by atoms with Gasteiger partial charge in [-0.3, -0.25) is 19.7 Å². The Morgan fingerprint density at radius 1 is 1.33 bits per heavy atom. The largest absolute Gasteiger partial charge is 0.416 e. The average Bonchev–Trinajstić information content (AvgIpc) is 2.66. The number of rotatable bonds is 3. The highest BCUT2D eigenvalue weighted by atomic mass is 32.2. The van der Waals surface area contributed by atoms with Crippen molar-refractivity contribution in [1.29, 1.82) is 0 Å². The van der Waals surface area contributed by atoms with E-state index < -0.39 is 39.5 Å². The molecule has 1 unspecified atom stereocenters. The van der Waals surface area contributed by atoms with Crippen molar-refractivity contribution < 1.29 is 32.4 Å². The Morgan fingerprint density at radius 2 is 2.00 bits per heavy atom. The summed E-state index contributed by atoms with van der Waals surface area (Å²) >= 11 is 0.633. The molecule has 0 amide bonds. The van der Waals surface area contributed by atoms with E-state index in [1.165, 1.54) is 0 Å². The van der Waals surface area contributed by atoms with Crippen molar-refractivity contribution in [3.05, 3.63) is 33.9 Å². The molecule has 1 aromatic carbocycles. The van der Waals surface area contributed by atoms with E-state index in [9.17, 15) is 32.9 Å². The van der Waals surface area contributed by atoms with E-state index in [4.69, 9.17) is 0 Å². The Balaban J connectivity index is 2.33. The molecular formula is C11H6F3NO5S. The number of nitrogens with zero attached hydrogens (tertiary/aromatic N) is 1. The van der Waals surface area contributed by atoms with Crippen molar-refractivity contribution in [2.75, 3.05) is 0 Å². The maximum atomic E-state index is 12.5.